The molecule has 2 aromatic carbocycles. The van der Waals surface area contributed by atoms with Gasteiger partial charge in [0.1, 0.15) is 30.0 Å². The summed E-state index contributed by atoms with van der Waals surface area (Å²) < 4.78 is 40.2. The van der Waals surface area contributed by atoms with Crippen LogP contribution in [-0.2, 0) is 20.9 Å². The van der Waals surface area contributed by atoms with E-state index in [0.717, 1.165) is 56.1 Å². The summed E-state index contributed by atoms with van der Waals surface area (Å²) in [7, 11) is 0. The van der Waals surface area contributed by atoms with E-state index in [9.17, 15) is 24.2 Å². The minimum absolute atomic E-state index is 0.0241. The normalized spacial score (nSPS) is 22.5. The Hall–Kier alpha value is -4.46. The monoisotopic (exact) mass is 906 g/mol. The number of hydrogen-bond acceptors (Lipinski definition) is 10. The van der Waals surface area contributed by atoms with Gasteiger partial charge in [0.05, 0.1) is 24.8 Å². The number of rotatable bonds is 29. The third-order valence-corrected chi connectivity index (χ3v) is 13.1. The second kappa shape index (κ2) is 27.2. The van der Waals surface area contributed by atoms with Crippen molar-refractivity contribution in [1.82, 2.24) is 10.2 Å². The van der Waals surface area contributed by atoms with E-state index < -0.39 is 35.8 Å². The fourth-order valence-corrected chi connectivity index (χ4v) is 10.1. The second-order valence-corrected chi connectivity index (χ2v) is 17.6. The average Bonchev–Trinajstić information content (AvgIpc) is 3.30. The SMILES string of the molecule is C=CCO[C@@]12Oc3ccc(OC(=O)NCCCCCCCCCCCC)cc3[C@H]3[C@H](CCCCO)[C@@H](CCCCO)C=C(C(=NOCC)C[C@@H]1N(Cc1ccc(F)cc1)C(=O)OCC)[C@H]32. The number of halogens is 1. The van der Waals surface area contributed by atoms with Crippen LogP contribution in [0, 0.1) is 23.6 Å². The van der Waals surface area contributed by atoms with Gasteiger partial charge in [-0.3, -0.25) is 4.90 Å². The molecule has 0 bridgehead atoms. The number of hydrogen-bond donors (Lipinski definition) is 3. The van der Waals surface area contributed by atoms with Gasteiger partial charge in [-0.15, -0.1) is 6.58 Å². The highest BCUT2D eigenvalue weighted by molar-refractivity contribution is 6.03. The maximum atomic E-state index is 14.3. The number of carbonyl (C=O) groups is 2. The summed E-state index contributed by atoms with van der Waals surface area (Å²) >= 11 is 0. The van der Waals surface area contributed by atoms with Crippen molar-refractivity contribution in [1.29, 1.82) is 0 Å². The lowest BCUT2D eigenvalue weighted by molar-refractivity contribution is -0.256. The number of fused-ring (bicyclic) bond motifs is 2. The third kappa shape index (κ3) is 14.0. The molecular formula is C52H76FN3O9. The quantitative estimate of drug-likeness (QED) is 0.0412. The lowest BCUT2D eigenvalue weighted by atomic mass is 9.55. The van der Waals surface area contributed by atoms with Crippen LogP contribution in [0.1, 0.15) is 147 Å². The molecule has 3 aliphatic rings. The van der Waals surface area contributed by atoms with Crippen molar-refractivity contribution in [3.8, 4) is 11.5 Å². The molecule has 0 aromatic heterocycles. The minimum atomic E-state index is -1.52. The number of allylic oxidation sites excluding steroid dienone is 1. The molecule has 13 heteroatoms. The first-order chi connectivity index (χ1) is 31.7. The first-order valence-corrected chi connectivity index (χ1v) is 24.6. The molecule has 1 heterocycles. The van der Waals surface area contributed by atoms with Crippen LogP contribution in [0.25, 0.3) is 0 Å². The highest BCUT2D eigenvalue weighted by Crippen LogP contribution is 2.62. The third-order valence-electron chi connectivity index (χ3n) is 13.1. The Labute approximate surface area is 386 Å². The smallest absolute Gasteiger partial charge is 0.412 e. The molecule has 1 fully saturated rings. The van der Waals surface area contributed by atoms with E-state index in [4.69, 9.17) is 28.9 Å². The van der Waals surface area contributed by atoms with Crippen molar-refractivity contribution in [2.24, 2.45) is 22.9 Å². The number of amides is 2. The van der Waals surface area contributed by atoms with E-state index in [2.05, 4.69) is 24.9 Å². The van der Waals surface area contributed by atoms with E-state index in [-0.39, 0.29) is 57.1 Å². The molecule has 1 aliphatic heterocycles. The van der Waals surface area contributed by atoms with Gasteiger partial charge >= 0.3 is 12.2 Å². The van der Waals surface area contributed by atoms with Crippen molar-refractivity contribution < 1.29 is 48.0 Å². The van der Waals surface area contributed by atoms with Crippen molar-refractivity contribution in [3.05, 3.63) is 83.7 Å². The van der Waals surface area contributed by atoms with E-state index >= 15 is 0 Å². The summed E-state index contributed by atoms with van der Waals surface area (Å²) in [5.41, 5.74) is 3.04. The molecule has 0 saturated heterocycles. The number of aliphatic hydroxyl groups excluding tert-OH is 2. The molecule has 1 saturated carbocycles. The molecule has 5 rings (SSSR count). The Morgan fingerprint density at radius 3 is 2.26 bits per heavy atom. The second-order valence-electron chi connectivity index (χ2n) is 17.6. The van der Waals surface area contributed by atoms with E-state index in [0.29, 0.717) is 48.8 Å². The van der Waals surface area contributed by atoms with Crippen LogP contribution < -0.4 is 14.8 Å². The molecule has 12 nitrogen and oxygen atoms in total. The summed E-state index contributed by atoms with van der Waals surface area (Å²) in [6.07, 6.45) is 19.4. The van der Waals surface area contributed by atoms with Gasteiger partial charge in [0.25, 0.3) is 0 Å². The lowest BCUT2D eigenvalue weighted by Gasteiger charge is -2.59. The van der Waals surface area contributed by atoms with Crippen LogP contribution in [0.15, 0.2) is 71.9 Å². The lowest BCUT2D eigenvalue weighted by Crippen LogP contribution is -2.70. The Morgan fingerprint density at radius 2 is 1.60 bits per heavy atom. The minimum Gasteiger partial charge on any atom is -0.459 e. The maximum Gasteiger partial charge on any atom is 0.412 e. The number of aliphatic hydroxyl groups is 2. The summed E-state index contributed by atoms with van der Waals surface area (Å²) in [6, 6.07) is 10.6. The molecule has 6 atom stereocenters. The number of nitrogens with zero attached hydrogens (tertiary/aromatic N) is 2. The van der Waals surface area contributed by atoms with Crippen LogP contribution in [-0.4, -0.2) is 84.4 Å². The Bertz CT molecular complexity index is 1840. The largest absolute Gasteiger partial charge is 0.459 e. The zero-order chi connectivity index (χ0) is 46.4. The molecule has 3 N–H and O–H groups in total. The number of benzene rings is 2. The van der Waals surface area contributed by atoms with Crippen LogP contribution in [0.4, 0.5) is 14.0 Å². The number of unbranched alkanes of at least 4 members (excludes halogenated alkanes) is 11. The molecular weight excluding hydrogens is 830 g/mol. The van der Waals surface area contributed by atoms with Gasteiger partial charge in [-0.25, -0.2) is 14.0 Å². The number of carbonyl (C=O) groups excluding carboxylic acids is 2. The first-order valence-electron chi connectivity index (χ1n) is 24.6. The molecule has 65 heavy (non-hydrogen) atoms. The highest BCUT2D eigenvalue weighted by Gasteiger charge is 2.65. The van der Waals surface area contributed by atoms with Gasteiger partial charge in [-0.2, -0.15) is 0 Å². The zero-order valence-electron chi connectivity index (χ0n) is 39.3. The maximum absolute atomic E-state index is 14.3. The summed E-state index contributed by atoms with van der Waals surface area (Å²) in [5.74, 6) is -1.90. The van der Waals surface area contributed by atoms with Crippen molar-refractivity contribution in [2.75, 3.05) is 39.6 Å². The Balaban J connectivity index is 1.56. The van der Waals surface area contributed by atoms with Crippen molar-refractivity contribution in [3.63, 3.8) is 0 Å². The predicted octanol–water partition coefficient (Wildman–Crippen LogP) is 11.1. The number of nitrogens with one attached hydrogen (secondary N) is 1. The number of oxime groups is 1. The fourth-order valence-electron chi connectivity index (χ4n) is 10.1. The van der Waals surface area contributed by atoms with Gasteiger partial charge in [-0.05, 0) is 99.3 Å². The zero-order valence-corrected chi connectivity index (χ0v) is 39.3. The highest BCUT2D eigenvalue weighted by atomic mass is 19.1. The van der Waals surface area contributed by atoms with E-state index in [1.54, 1.807) is 36.1 Å². The van der Waals surface area contributed by atoms with Gasteiger partial charge < -0.3 is 39.3 Å². The molecule has 0 radical (unpaired) electrons. The molecule has 0 spiro atoms. The summed E-state index contributed by atoms with van der Waals surface area (Å²) in [4.78, 5) is 35.0. The molecule has 2 amide bonds. The van der Waals surface area contributed by atoms with Crippen LogP contribution in [0.2, 0.25) is 0 Å². The van der Waals surface area contributed by atoms with Crippen LogP contribution in [0.3, 0.4) is 0 Å². The van der Waals surface area contributed by atoms with Crippen molar-refractivity contribution >= 4 is 17.9 Å². The van der Waals surface area contributed by atoms with Gasteiger partial charge in [0, 0.05) is 44.2 Å². The standard InChI is InChI=1S/C52H76FN3O9/c1-5-9-10-11-12-13-14-15-16-19-30-54-50(59)64-41-28-29-46-44(35-41)48-42(23-18-21-32-58)39(22-17-20-31-57)34-43-45(55-63-8-4)36-47(52(65-46,49(43)48)62-33-6-2)56(51(60)61-7-3)37-38-24-26-40(53)27-25-38/h6,24-29,34-35,39,42,47-49,57-58H,2,5,7-23,30-33,36-37H2,1,3-4H3,(H,54,59)/t39-,42+,47-,48+,49+,52+/m0/s1. The van der Waals surface area contributed by atoms with Gasteiger partial charge in [0.15, 0.2) is 0 Å². The fraction of sp³-hybridized carbons (Fsp3) is 0.635. The average molecular weight is 906 g/mol. The summed E-state index contributed by atoms with van der Waals surface area (Å²) in [5, 5.41) is 27.5. The predicted molar refractivity (Wildman–Crippen MR) is 251 cm³/mol. The molecule has 0 unspecified atom stereocenters. The van der Waals surface area contributed by atoms with Crippen LogP contribution in [0.5, 0.6) is 11.5 Å². The summed E-state index contributed by atoms with van der Waals surface area (Å²) in [6.45, 7) is 11.1. The molecule has 360 valence electrons. The van der Waals surface area contributed by atoms with Gasteiger partial charge in [0.2, 0.25) is 5.79 Å². The Morgan fingerprint density at radius 1 is 0.908 bits per heavy atom. The first kappa shape index (κ1) is 51.5. The van der Waals surface area contributed by atoms with E-state index in [1.807, 2.05) is 19.1 Å². The Kier molecular flexibility index (Phi) is 21.6. The van der Waals surface area contributed by atoms with Crippen LogP contribution >= 0.6 is 0 Å². The topological polar surface area (TPSA) is 148 Å². The van der Waals surface area contributed by atoms with E-state index in [1.165, 1.54) is 57.1 Å². The van der Waals surface area contributed by atoms with Crippen molar-refractivity contribution in [2.45, 2.75) is 154 Å². The van der Waals surface area contributed by atoms with Gasteiger partial charge in [-0.1, -0.05) is 107 Å². The molecule has 2 aliphatic carbocycles. The molecule has 2 aromatic rings. The number of ether oxygens (including phenoxy) is 4.